The fourth-order valence-electron chi connectivity index (χ4n) is 2.32. The van der Waals surface area contributed by atoms with Crippen molar-refractivity contribution < 1.29 is 9.59 Å². The van der Waals surface area contributed by atoms with Gasteiger partial charge < -0.3 is 5.32 Å². The number of thiazole rings is 1. The molecule has 0 bridgehead atoms. The van der Waals surface area contributed by atoms with Crippen LogP contribution in [0.1, 0.15) is 28.5 Å². The minimum atomic E-state index is -0.134. The van der Waals surface area contributed by atoms with Crippen LogP contribution in [-0.2, 0) is 17.0 Å². The predicted molar refractivity (Wildman–Crippen MR) is 112 cm³/mol. The van der Waals surface area contributed by atoms with E-state index in [1.54, 1.807) is 36.0 Å². The lowest BCUT2D eigenvalue weighted by Crippen LogP contribution is -2.14. The number of hydrogen-bond donors (Lipinski definition) is 1. The molecule has 0 spiro atoms. The van der Waals surface area contributed by atoms with Crippen molar-refractivity contribution in [1.82, 2.24) is 4.98 Å². The number of hydrogen-bond acceptors (Lipinski definition) is 5. The maximum Gasteiger partial charge on any atom is 0.230 e. The van der Waals surface area contributed by atoms with Crippen molar-refractivity contribution in [3.63, 3.8) is 0 Å². The molecule has 7 heteroatoms. The average molecular weight is 417 g/mol. The van der Waals surface area contributed by atoms with Gasteiger partial charge >= 0.3 is 0 Å². The second kappa shape index (κ2) is 9.17. The van der Waals surface area contributed by atoms with E-state index < -0.39 is 0 Å². The molecule has 1 heterocycles. The minimum Gasteiger partial charge on any atom is -0.326 e. The first-order valence-electron chi connectivity index (χ1n) is 8.22. The van der Waals surface area contributed by atoms with Crippen molar-refractivity contribution in [1.29, 1.82) is 0 Å². The molecular weight excluding hydrogens is 400 g/mol. The van der Waals surface area contributed by atoms with E-state index in [4.69, 9.17) is 11.6 Å². The van der Waals surface area contributed by atoms with Crippen molar-refractivity contribution in [3.05, 3.63) is 75.8 Å². The van der Waals surface area contributed by atoms with Gasteiger partial charge in [0.15, 0.2) is 5.78 Å². The van der Waals surface area contributed by atoms with E-state index in [9.17, 15) is 9.59 Å². The Morgan fingerprint density at radius 2 is 1.81 bits per heavy atom. The minimum absolute atomic E-state index is 0.000945. The highest BCUT2D eigenvalue weighted by Gasteiger charge is 2.09. The summed E-state index contributed by atoms with van der Waals surface area (Å²) >= 11 is 9.06. The molecule has 0 aliphatic heterocycles. The van der Waals surface area contributed by atoms with Crippen molar-refractivity contribution in [3.8, 4) is 0 Å². The van der Waals surface area contributed by atoms with E-state index in [0.29, 0.717) is 11.3 Å². The number of carbonyl (C=O) groups is 2. The summed E-state index contributed by atoms with van der Waals surface area (Å²) in [7, 11) is 0. The third-order valence-electron chi connectivity index (χ3n) is 3.72. The Morgan fingerprint density at radius 1 is 1.11 bits per heavy atom. The van der Waals surface area contributed by atoms with Gasteiger partial charge in [0.2, 0.25) is 5.91 Å². The number of nitrogens with one attached hydrogen (secondary N) is 1. The molecule has 3 aromatic rings. The first kappa shape index (κ1) is 19.6. The fourth-order valence-corrected chi connectivity index (χ4v) is 4.25. The lowest BCUT2D eigenvalue weighted by Gasteiger charge is -2.04. The molecular formula is C20H17ClN2O2S2. The largest absolute Gasteiger partial charge is 0.326 e. The van der Waals surface area contributed by atoms with Crippen LogP contribution >= 0.6 is 34.7 Å². The van der Waals surface area contributed by atoms with Gasteiger partial charge in [0, 0.05) is 27.4 Å². The van der Waals surface area contributed by atoms with E-state index in [1.807, 2.05) is 29.6 Å². The lowest BCUT2D eigenvalue weighted by molar-refractivity contribution is -0.115. The Hall–Kier alpha value is -2.15. The number of halogens is 1. The Balaban J connectivity index is 1.51. The van der Waals surface area contributed by atoms with E-state index in [1.165, 1.54) is 23.8 Å². The standard InChI is InChI=1S/C20H17ClN2O2S2/c1-13(24)15-4-8-17(9-5-15)22-19(25)10-18-12-27-20(23-18)26-11-14-2-6-16(21)7-3-14/h2-9,12H,10-11H2,1H3,(H,22,25). The molecule has 0 saturated carbocycles. The Kier molecular flexibility index (Phi) is 6.66. The van der Waals surface area contributed by atoms with Crippen molar-refractivity contribution in [2.75, 3.05) is 5.32 Å². The fraction of sp³-hybridized carbons (Fsp3) is 0.150. The molecule has 3 rings (SSSR count). The summed E-state index contributed by atoms with van der Waals surface area (Å²) in [4.78, 5) is 28.0. The molecule has 27 heavy (non-hydrogen) atoms. The van der Waals surface area contributed by atoms with Crippen LogP contribution in [0, 0.1) is 0 Å². The van der Waals surface area contributed by atoms with Gasteiger partial charge in [-0.1, -0.05) is 35.5 Å². The topological polar surface area (TPSA) is 59.1 Å². The Bertz CT molecular complexity index is 937. The van der Waals surface area contributed by atoms with Crippen LogP contribution in [0.15, 0.2) is 58.3 Å². The van der Waals surface area contributed by atoms with Crippen LogP contribution in [0.5, 0.6) is 0 Å². The smallest absolute Gasteiger partial charge is 0.230 e. The number of benzene rings is 2. The molecule has 4 nitrogen and oxygen atoms in total. The number of ketones is 1. The Labute approximate surface area is 171 Å². The molecule has 0 aliphatic rings. The normalized spacial score (nSPS) is 10.6. The zero-order chi connectivity index (χ0) is 19.2. The van der Waals surface area contributed by atoms with Crippen LogP contribution in [0.4, 0.5) is 5.69 Å². The van der Waals surface area contributed by atoms with Gasteiger partial charge in [-0.05, 0) is 48.9 Å². The summed E-state index contributed by atoms with van der Waals surface area (Å²) in [6, 6.07) is 14.6. The number of aromatic nitrogens is 1. The Morgan fingerprint density at radius 3 is 2.48 bits per heavy atom. The molecule has 0 radical (unpaired) electrons. The van der Waals surface area contributed by atoms with Crippen LogP contribution in [0.25, 0.3) is 0 Å². The van der Waals surface area contributed by atoms with E-state index in [-0.39, 0.29) is 18.1 Å². The van der Waals surface area contributed by atoms with Gasteiger partial charge in [0.1, 0.15) is 4.34 Å². The number of anilines is 1. The van der Waals surface area contributed by atoms with Crippen molar-refractivity contribution >= 4 is 52.1 Å². The number of Topliss-reactive ketones (excluding diaryl/α,β-unsaturated/α-hetero) is 1. The number of carbonyl (C=O) groups excluding carboxylic acids is 2. The van der Waals surface area contributed by atoms with Crippen molar-refractivity contribution in [2.45, 2.75) is 23.4 Å². The average Bonchev–Trinajstić information content (AvgIpc) is 3.09. The van der Waals surface area contributed by atoms with Crippen LogP contribution in [-0.4, -0.2) is 16.7 Å². The maximum absolute atomic E-state index is 12.2. The third kappa shape index (κ3) is 5.92. The highest BCUT2D eigenvalue weighted by Crippen LogP contribution is 2.27. The van der Waals surface area contributed by atoms with Gasteiger partial charge in [0.25, 0.3) is 0 Å². The molecule has 0 atom stereocenters. The SMILES string of the molecule is CC(=O)c1ccc(NC(=O)Cc2csc(SCc3ccc(Cl)cc3)n2)cc1. The molecule has 1 amide bonds. The van der Waals surface area contributed by atoms with Gasteiger partial charge in [-0.2, -0.15) is 0 Å². The number of rotatable bonds is 7. The quantitative estimate of drug-likeness (QED) is 0.409. The first-order valence-corrected chi connectivity index (χ1v) is 10.5. The van der Waals surface area contributed by atoms with E-state index in [2.05, 4.69) is 10.3 Å². The van der Waals surface area contributed by atoms with Gasteiger partial charge in [0.05, 0.1) is 12.1 Å². The summed E-state index contributed by atoms with van der Waals surface area (Å²) in [6.07, 6.45) is 0.215. The zero-order valence-corrected chi connectivity index (χ0v) is 17.0. The first-order chi connectivity index (χ1) is 13.0. The van der Waals surface area contributed by atoms with E-state index in [0.717, 1.165) is 20.8 Å². The van der Waals surface area contributed by atoms with Gasteiger partial charge in [-0.25, -0.2) is 4.98 Å². The van der Waals surface area contributed by atoms with Crippen LogP contribution < -0.4 is 5.32 Å². The molecule has 0 saturated heterocycles. The summed E-state index contributed by atoms with van der Waals surface area (Å²) < 4.78 is 0.929. The molecule has 2 aromatic carbocycles. The summed E-state index contributed by atoms with van der Waals surface area (Å²) in [6.45, 7) is 1.51. The monoisotopic (exact) mass is 416 g/mol. The highest BCUT2D eigenvalue weighted by molar-refractivity contribution is 8.00. The number of thioether (sulfide) groups is 1. The maximum atomic E-state index is 12.2. The molecule has 0 aliphatic carbocycles. The molecule has 1 N–H and O–H groups in total. The zero-order valence-electron chi connectivity index (χ0n) is 14.6. The van der Waals surface area contributed by atoms with E-state index >= 15 is 0 Å². The summed E-state index contributed by atoms with van der Waals surface area (Å²) in [5, 5.41) is 5.45. The molecule has 1 aromatic heterocycles. The van der Waals surface area contributed by atoms with Gasteiger partial charge in [-0.15, -0.1) is 11.3 Å². The lowest BCUT2D eigenvalue weighted by atomic mass is 10.1. The van der Waals surface area contributed by atoms with Gasteiger partial charge in [-0.3, -0.25) is 9.59 Å². The molecule has 138 valence electrons. The molecule has 0 unspecified atom stereocenters. The highest BCUT2D eigenvalue weighted by atomic mass is 35.5. The van der Waals surface area contributed by atoms with Crippen LogP contribution in [0.3, 0.4) is 0 Å². The molecule has 0 fully saturated rings. The predicted octanol–water partition coefficient (Wildman–Crippen LogP) is 5.47. The number of amides is 1. The summed E-state index contributed by atoms with van der Waals surface area (Å²) in [5.41, 5.74) is 3.21. The summed E-state index contributed by atoms with van der Waals surface area (Å²) in [5.74, 6) is 0.669. The van der Waals surface area contributed by atoms with Crippen LogP contribution in [0.2, 0.25) is 5.02 Å². The number of nitrogens with zero attached hydrogens (tertiary/aromatic N) is 1. The second-order valence-corrected chi connectivity index (χ2v) is 8.40. The van der Waals surface area contributed by atoms with Crippen molar-refractivity contribution in [2.24, 2.45) is 0 Å². The third-order valence-corrected chi connectivity index (χ3v) is 6.12. The second-order valence-electron chi connectivity index (χ2n) is 5.88.